The molecule has 0 saturated carbocycles. The minimum absolute atomic E-state index is 0.0842. The fourth-order valence-corrected chi connectivity index (χ4v) is 2.55. The van der Waals surface area contributed by atoms with Gasteiger partial charge in [0.05, 0.1) is 6.04 Å². The maximum atomic E-state index is 12.4. The first-order valence-electron chi connectivity index (χ1n) is 7.01. The summed E-state index contributed by atoms with van der Waals surface area (Å²) in [6.45, 7) is 2.93. The first-order valence-corrected chi connectivity index (χ1v) is 7.01. The molecule has 108 valence electrons. The highest BCUT2D eigenvalue weighted by Gasteiger charge is 2.33. The maximum absolute atomic E-state index is 12.4. The zero-order valence-electron chi connectivity index (χ0n) is 11.7. The highest BCUT2D eigenvalue weighted by atomic mass is 16.2. The molecule has 1 aliphatic rings. The predicted octanol–water partition coefficient (Wildman–Crippen LogP) is 0.293. The summed E-state index contributed by atoms with van der Waals surface area (Å²) in [5.74, 6) is -0.227. The van der Waals surface area contributed by atoms with Crippen LogP contribution in [0.3, 0.4) is 0 Å². The molecular formula is C15H21N3O2. The summed E-state index contributed by atoms with van der Waals surface area (Å²) in [7, 11) is 0. The van der Waals surface area contributed by atoms with E-state index in [1.807, 2.05) is 37.3 Å². The normalized spacial score (nSPS) is 20.4. The van der Waals surface area contributed by atoms with Crippen molar-refractivity contribution in [3.63, 3.8) is 0 Å². The Balaban J connectivity index is 2.04. The van der Waals surface area contributed by atoms with Crippen molar-refractivity contribution in [2.75, 3.05) is 13.1 Å². The van der Waals surface area contributed by atoms with Gasteiger partial charge in [0.15, 0.2) is 0 Å². The molecule has 1 saturated heterocycles. The number of carbonyl (C=O) groups excluding carboxylic acids is 2. The Morgan fingerprint density at radius 1 is 1.45 bits per heavy atom. The summed E-state index contributed by atoms with van der Waals surface area (Å²) in [5, 5.41) is 2.78. The lowest BCUT2D eigenvalue weighted by Crippen LogP contribution is -2.60. The molecule has 2 rings (SSSR count). The van der Waals surface area contributed by atoms with Gasteiger partial charge in [0, 0.05) is 13.1 Å². The third-order valence-electron chi connectivity index (χ3n) is 3.62. The molecule has 1 fully saturated rings. The Labute approximate surface area is 119 Å². The quantitative estimate of drug-likeness (QED) is 0.829. The first kappa shape index (κ1) is 14.5. The van der Waals surface area contributed by atoms with E-state index < -0.39 is 12.1 Å². The van der Waals surface area contributed by atoms with Crippen molar-refractivity contribution in [1.82, 2.24) is 10.2 Å². The van der Waals surface area contributed by atoms with Crippen molar-refractivity contribution < 1.29 is 9.59 Å². The summed E-state index contributed by atoms with van der Waals surface area (Å²) in [5.41, 5.74) is 7.05. The van der Waals surface area contributed by atoms with E-state index in [0.29, 0.717) is 25.9 Å². The number of hydrogen-bond acceptors (Lipinski definition) is 3. The first-order chi connectivity index (χ1) is 9.63. The lowest BCUT2D eigenvalue weighted by molar-refractivity contribution is -0.144. The lowest BCUT2D eigenvalue weighted by Gasteiger charge is -2.36. The molecule has 0 bridgehead atoms. The molecule has 2 amide bonds. The second-order valence-electron chi connectivity index (χ2n) is 5.04. The van der Waals surface area contributed by atoms with Crippen LogP contribution in [-0.2, 0) is 16.0 Å². The van der Waals surface area contributed by atoms with Gasteiger partial charge in [0.25, 0.3) is 0 Å². The highest BCUT2D eigenvalue weighted by Crippen LogP contribution is 2.12. The zero-order valence-corrected chi connectivity index (χ0v) is 11.7. The molecule has 1 aliphatic heterocycles. The van der Waals surface area contributed by atoms with E-state index in [-0.39, 0.29) is 11.8 Å². The van der Waals surface area contributed by atoms with Crippen LogP contribution >= 0.6 is 0 Å². The average Bonchev–Trinajstić information content (AvgIpc) is 2.47. The van der Waals surface area contributed by atoms with Gasteiger partial charge in [-0.1, -0.05) is 37.3 Å². The van der Waals surface area contributed by atoms with E-state index in [1.54, 1.807) is 4.90 Å². The molecular weight excluding hydrogens is 254 g/mol. The fraction of sp³-hybridized carbons (Fsp3) is 0.467. The van der Waals surface area contributed by atoms with Crippen LogP contribution in [0.15, 0.2) is 30.3 Å². The average molecular weight is 275 g/mol. The number of nitrogens with two attached hydrogens (primary N) is 1. The molecule has 0 aliphatic carbocycles. The minimum Gasteiger partial charge on any atom is -0.353 e. The SMILES string of the molecule is CCC1C(=O)NCCN1C(=O)[C@H](N)Cc1ccccc1. The van der Waals surface area contributed by atoms with Crippen LogP contribution in [0.2, 0.25) is 0 Å². The maximum Gasteiger partial charge on any atom is 0.242 e. The van der Waals surface area contributed by atoms with Gasteiger partial charge in [-0.3, -0.25) is 9.59 Å². The predicted molar refractivity (Wildman–Crippen MR) is 76.9 cm³/mol. The van der Waals surface area contributed by atoms with Crippen molar-refractivity contribution in [3.8, 4) is 0 Å². The molecule has 5 heteroatoms. The summed E-state index contributed by atoms with van der Waals surface area (Å²) in [6.07, 6.45) is 1.10. The van der Waals surface area contributed by atoms with Gasteiger partial charge in [-0.25, -0.2) is 0 Å². The Morgan fingerprint density at radius 3 is 2.80 bits per heavy atom. The van der Waals surface area contributed by atoms with E-state index in [1.165, 1.54) is 0 Å². The second-order valence-corrected chi connectivity index (χ2v) is 5.04. The number of nitrogens with one attached hydrogen (secondary N) is 1. The highest BCUT2D eigenvalue weighted by molar-refractivity contribution is 5.90. The number of amides is 2. The molecule has 1 aromatic carbocycles. The van der Waals surface area contributed by atoms with Crippen LogP contribution in [0.4, 0.5) is 0 Å². The van der Waals surface area contributed by atoms with Crippen molar-refractivity contribution >= 4 is 11.8 Å². The zero-order chi connectivity index (χ0) is 14.5. The van der Waals surface area contributed by atoms with Crippen LogP contribution < -0.4 is 11.1 Å². The number of hydrogen-bond donors (Lipinski definition) is 2. The van der Waals surface area contributed by atoms with Crippen molar-refractivity contribution in [3.05, 3.63) is 35.9 Å². The van der Waals surface area contributed by atoms with Crippen LogP contribution in [0.5, 0.6) is 0 Å². The molecule has 1 heterocycles. The van der Waals surface area contributed by atoms with Gasteiger partial charge in [-0.05, 0) is 18.4 Å². The second kappa shape index (κ2) is 6.52. The fourth-order valence-electron chi connectivity index (χ4n) is 2.55. The number of carbonyl (C=O) groups is 2. The lowest BCUT2D eigenvalue weighted by atomic mass is 10.0. The molecule has 1 unspecified atom stereocenters. The molecule has 20 heavy (non-hydrogen) atoms. The molecule has 1 aromatic rings. The van der Waals surface area contributed by atoms with Crippen molar-refractivity contribution in [2.24, 2.45) is 5.73 Å². The Morgan fingerprint density at radius 2 is 2.15 bits per heavy atom. The van der Waals surface area contributed by atoms with Crippen LogP contribution in [0.25, 0.3) is 0 Å². The standard InChI is InChI=1S/C15H21N3O2/c1-2-13-14(19)17-8-9-18(13)15(20)12(16)10-11-6-4-3-5-7-11/h3-7,12-13H,2,8-10,16H2,1H3,(H,17,19)/t12-,13?/m1/s1. The largest absolute Gasteiger partial charge is 0.353 e. The van der Waals surface area contributed by atoms with E-state index in [4.69, 9.17) is 5.73 Å². The minimum atomic E-state index is -0.600. The van der Waals surface area contributed by atoms with Gasteiger partial charge in [-0.15, -0.1) is 0 Å². The van der Waals surface area contributed by atoms with Crippen molar-refractivity contribution in [1.29, 1.82) is 0 Å². The number of rotatable bonds is 4. The third kappa shape index (κ3) is 3.17. The van der Waals surface area contributed by atoms with E-state index in [0.717, 1.165) is 5.56 Å². The molecule has 0 aromatic heterocycles. The third-order valence-corrected chi connectivity index (χ3v) is 3.62. The monoisotopic (exact) mass is 275 g/mol. The molecule has 5 nitrogen and oxygen atoms in total. The van der Waals surface area contributed by atoms with Gasteiger partial charge in [0.2, 0.25) is 11.8 Å². The van der Waals surface area contributed by atoms with Gasteiger partial charge in [0.1, 0.15) is 6.04 Å². The summed E-state index contributed by atoms with van der Waals surface area (Å²) in [4.78, 5) is 25.8. The van der Waals surface area contributed by atoms with Gasteiger partial charge < -0.3 is 16.0 Å². The van der Waals surface area contributed by atoms with Crippen LogP contribution in [0.1, 0.15) is 18.9 Å². The summed E-state index contributed by atoms with van der Waals surface area (Å²) in [6, 6.07) is 8.70. The molecule has 2 atom stereocenters. The number of benzene rings is 1. The Hall–Kier alpha value is -1.88. The van der Waals surface area contributed by atoms with E-state index >= 15 is 0 Å². The van der Waals surface area contributed by atoms with E-state index in [9.17, 15) is 9.59 Å². The molecule has 3 N–H and O–H groups in total. The topological polar surface area (TPSA) is 75.4 Å². The molecule has 0 spiro atoms. The van der Waals surface area contributed by atoms with Gasteiger partial charge >= 0.3 is 0 Å². The van der Waals surface area contributed by atoms with Crippen molar-refractivity contribution in [2.45, 2.75) is 31.8 Å². The van der Waals surface area contributed by atoms with Crippen LogP contribution in [0, 0.1) is 0 Å². The van der Waals surface area contributed by atoms with Crippen LogP contribution in [-0.4, -0.2) is 41.9 Å². The molecule has 0 radical (unpaired) electrons. The Kier molecular flexibility index (Phi) is 4.74. The smallest absolute Gasteiger partial charge is 0.242 e. The Bertz CT molecular complexity index is 475. The number of piperazine rings is 1. The summed E-state index contributed by atoms with van der Waals surface area (Å²) >= 11 is 0. The van der Waals surface area contributed by atoms with E-state index in [2.05, 4.69) is 5.32 Å². The van der Waals surface area contributed by atoms with Gasteiger partial charge in [-0.2, -0.15) is 0 Å². The summed E-state index contributed by atoms with van der Waals surface area (Å²) < 4.78 is 0. The number of nitrogens with zero attached hydrogens (tertiary/aromatic N) is 1.